The summed E-state index contributed by atoms with van der Waals surface area (Å²) in [4.78, 5) is 2.11. The number of thiocarbonyl (C=S) groups is 1. The van der Waals surface area contributed by atoms with E-state index in [-0.39, 0.29) is 6.10 Å². The van der Waals surface area contributed by atoms with E-state index in [1.807, 2.05) is 24.3 Å². The van der Waals surface area contributed by atoms with Gasteiger partial charge in [-0.15, -0.1) is 0 Å². The average Bonchev–Trinajstić information content (AvgIpc) is 2.62. The molecule has 0 bridgehead atoms. The Balaban J connectivity index is 1.64. The first kappa shape index (κ1) is 17.5. The van der Waals surface area contributed by atoms with Gasteiger partial charge in [-0.05, 0) is 62.3 Å². The fourth-order valence-electron chi connectivity index (χ4n) is 2.82. The van der Waals surface area contributed by atoms with Gasteiger partial charge in [0.2, 0.25) is 0 Å². The number of ether oxygens (including phenoxy) is 2. The number of fused-ring (bicyclic) bond motifs is 1. The van der Waals surface area contributed by atoms with Crippen LogP contribution in [-0.2, 0) is 0 Å². The Labute approximate surface area is 154 Å². The maximum absolute atomic E-state index is 6.05. The van der Waals surface area contributed by atoms with Crippen LogP contribution in [0.5, 0.6) is 11.5 Å². The summed E-state index contributed by atoms with van der Waals surface area (Å²) >= 11 is 5.62. The van der Waals surface area contributed by atoms with Crippen molar-refractivity contribution < 1.29 is 9.47 Å². The van der Waals surface area contributed by atoms with Gasteiger partial charge in [-0.3, -0.25) is 0 Å². The van der Waals surface area contributed by atoms with Gasteiger partial charge in [0.25, 0.3) is 0 Å². The van der Waals surface area contributed by atoms with Gasteiger partial charge in [0.1, 0.15) is 6.61 Å². The molecule has 0 spiro atoms. The topological polar surface area (TPSA) is 33.7 Å². The molecule has 0 amide bonds. The highest BCUT2D eigenvalue weighted by molar-refractivity contribution is 7.80. The van der Waals surface area contributed by atoms with E-state index in [9.17, 15) is 0 Å². The van der Waals surface area contributed by atoms with Gasteiger partial charge in [-0.25, -0.2) is 0 Å². The summed E-state index contributed by atoms with van der Waals surface area (Å²) in [5, 5.41) is 4.08. The molecule has 0 fully saturated rings. The third-order valence-electron chi connectivity index (χ3n) is 4.30. The van der Waals surface area contributed by atoms with Crippen LogP contribution in [0.3, 0.4) is 0 Å². The van der Waals surface area contributed by atoms with Crippen molar-refractivity contribution in [2.24, 2.45) is 0 Å². The summed E-state index contributed by atoms with van der Waals surface area (Å²) in [6, 6.07) is 14.1. The van der Waals surface area contributed by atoms with Crippen molar-refractivity contribution in [3.05, 3.63) is 53.6 Å². The third-order valence-corrected chi connectivity index (χ3v) is 4.66. The first-order chi connectivity index (χ1) is 12.1. The number of nitrogens with one attached hydrogen (secondary N) is 1. The second kappa shape index (κ2) is 7.74. The molecule has 1 aliphatic heterocycles. The molecule has 132 valence electrons. The summed E-state index contributed by atoms with van der Waals surface area (Å²) in [6.07, 6.45) is -0.0480. The van der Waals surface area contributed by atoms with Crippen molar-refractivity contribution in [2.75, 3.05) is 25.0 Å². The number of benzene rings is 2. The number of likely N-dealkylation sites (N-methyl/N-ethyl adjacent to an activating group) is 1. The lowest BCUT2D eigenvalue weighted by molar-refractivity contribution is 0.0754. The van der Waals surface area contributed by atoms with Crippen molar-refractivity contribution in [3.63, 3.8) is 0 Å². The summed E-state index contributed by atoms with van der Waals surface area (Å²) in [5.41, 5.74) is 3.43. The molecule has 0 saturated heterocycles. The number of para-hydroxylation sites is 2. The monoisotopic (exact) mass is 356 g/mol. The largest absolute Gasteiger partial charge is 0.486 e. The molecule has 1 heterocycles. The number of nitrogens with zero attached hydrogens (tertiary/aromatic N) is 1. The Hall–Kier alpha value is -2.27. The molecular formula is C20H24N2O2S. The van der Waals surface area contributed by atoms with Crippen molar-refractivity contribution in [2.45, 2.75) is 26.9 Å². The number of rotatable bonds is 4. The molecule has 1 N–H and O–H groups in total. The van der Waals surface area contributed by atoms with Gasteiger partial charge in [-0.2, -0.15) is 0 Å². The van der Waals surface area contributed by atoms with Crippen molar-refractivity contribution in [1.29, 1.82) is 0 Å². The highest BCUT2D eigenvalue weighted by Gasteiger charge is 2.23. The molecule has 1 unspecified atom stereocenters. The minimum absolute atomic E-state index is 0.0480. The molecular weight excluding hydrogens is 332 g/mol. The molecule has 4 nitrogen and oxygen atoms in total. The van der Waals surface area contributed by atoms with Crippen LogP contribution in [0.4, 0.5) is 5.69 Å². The van der Waals surface area contributed by atoms with Crippen molar-refractivity contribution >= 4 is 23.0 Å². The van der Waals surface area contributed by atoms with Gasteiger partial charge >= 0.3 is 0 Å². The molecule has 0 radical (unpaired) electrons. The number of anilines is 1. The normalized spacial score (nSPS) is 15.6. The maximum atomic E-state index is 6.05. The lowest BCUT2D eigenvalue weighted by Crippen LogP contribution is -2.45. The van der Waals surface area contributed by atoms with Crippen molar-refractivity contribution in [3.8, 4) is 11.5 Å². The fourth-order valence-corrected chi connectivity index (χ4v) is 3.13. The maximum Gasteiger partial charge on any atom is 0.173 e. The number of hydrogen-bond donors (Lipinski definition) is 1. The highest BCUT2D eigenvalue weighted by atomic mass is 32.1. The van der Waals surface area contributed by atoms with Crippen molar-refractivity contribution in [1.82, 2.24) is 4.90 Å². The fraction of sp³-hybridized carbons (Fsp3) is 0.350. The summed E-state index contributed by atoms with van der Waals surface area (Å²) in [5.74, 6) is 1.60. The van der Waals surface area contributed by atoms with Gasteiger partial charge in [0, 0.05) is 12.2 Å². The highest BCUT2D eigenvalue weighted by Crippen LogP contribution is 2.31. The summed E-state index contributed by atoms with van der Waals surface area (Å²) in [7, 11) is 0. The molecule has 0 aromatic heterocycles. The predicted octanol–water partition coefficient (Wildman–Crippen LogP) is 4.16. The van der Waals surface area contributed by atoms with Gasteiger partial charge in [-0.1, -0.05) is 24.3 Å². The third kappa shape index (κ3) is 4.23. The Morgan fingerprint density at radius 3 is 2.72 bits per heavy atom. The smallest absolute Gasteiger partial charge is 0.173 e. The number of aryl methyl sites for hydroxylation is 2. The minimum atomic E-state index is -0.0480. The zero-order valence-electron chi connectivity index (χ0n) is 14.9. The van der Waals surface area contributed by atoms with Gasteiger partial charge in [0.15, 0.2) is 22.7 Å². The first-order valence-corrected chi connectivity index (χ1v) is 8.99. The van der Waals surface area contributed by atoms with E-state index in [2.05, 4.69) is 49.2 Å². The lowest BCUT2D eigenvalue weighted by atomic mass is 10.1. The molecule has 0 saturated carbocycles. The lowest BCUT2D eigenvalue weighted by Gasteiger charge is -2.32. The Morgan fingerprint density at radius 1 is 1.20 bits per heavy atom. The zero-order valence-corrected chi connectivity index (χ0v) is 15.7. The summed E-state index contributed by atoms with van der Waals surface area (Å²) < 4.78 is 11.9. The second-order valence-electron chi connectivity index (χ2n) is 6.28. The van der Waals surface area contributed by atoms with E-state index in [0.29, 0.717) is 18.3 Å². The molecule has 3 rings (SSSR count). The van der Waals surface area contributed by atoms with Crippen LogP contribution >= 0.6 is 12.2 Å². The minimum Gasteiger partial charge on any atom is -0.486 e. The molecule has 25 heavy (non-hydrogen) atoms. The SMILES string of the molecule is CCN(CC1COc2ccccc2O1)C(=S)Nc1cc(C)ccc1C. The standard InChI is InChI=1S/C20H24N2O2S/c1-4-22(20(25)21-17-11-14(2)9-10-15(17)3)12-16-13-23-18-7-5-6-8-19(18)24-16/h5-11,16H,4,12-13H2,1-3H3,(H,21,25). The van der Waals surface area contributed by atoms with Gasteiger partial charge < -0.3 is 19.7 Å². The van der Waals surface area contributed by atoms with Crippen LogP contribution in [0.15, 0.2) is 42.5 Å². The molecule has 1 atom stereocenters. The Bertz CT molecular complexity index is 763. The van der Waals surface area contributed by atoms with E-state index in [1.54, 1.807) is 0 Å². The molecule has 5 heteroatoms. The quantitative estimate of drug-likeness (QED) is 0.832. The van der Waals surface area contributed by atoms with Crippen LogP contribution in [0.1, 0.15) is 18.1 Å². The van der Waals surface area contributed by atoms with Crippen LogP contribution in [-0.4, -0.2) is 35.8 Å². The predicted molar refractivity (Wildman–Crippen MR) is 106 cm³/mol. The second-order valence-corrected chi connectivity index (χ2v) is 6.67. The van der Waals surface area contributed by atoms with E-state index >= 15 is 0 Å². The Kier molecular flexibility index (Phi) is 5.43. The summed E-state index contributed by atoms with van der Waals surface area (Å²) in [6.45, 7) is 8.26. The van der Waals surface area contributed by atoms with E-state index in [1.165, 1.54) is 11.1 Å². The first-order valence-electron chi connectivity index (χ1n) is 8.58. The Morgan fingerprint density at radius 2 is 1.96 bits per heavy atom. The number of hydrogen-bond acceptors (Lipinski definition) is 3. The van der Waals surface area contributed by atoms with Crippen LogP contribution in [0.2, 0.25) is 0 Å². The van der Waals surface area contributed by atoms with E-state index in [4.69, 9.17) is 21.7 Å². The van der Waals surface area contributed by atoms with Crippen LogP contribution < -0.4 is 14.8 Å². The van der Waals surface area contributed by atoms with Crippen LogP contribution in [0.25, 0.3) is 0 Å². The average molecular weight is 356 g/mol. The molecule has 2 aromatic rings. The van der Waals surface area contributed by atoms with Crippen LogP contribution in [0, 0.1) is 13.8 Å². The molecule has 2 aromatic carbocycles. The molecule has 1 aliphatic rings. The van der Waals surface area contributed by atoms with E-state index < -0.39 is 0 Å². The zero-order chi connectivity index (χ0) is 17.8. The van der Waals surface area contributed by atoms with E-state index in [0.717, 1.165) is 23.7 Å². The molecule has 0 aliphatic carbocycles. The van der Waals surface area contributed by atoms with Gasteiger partial charge in [0.05, 0.1) is 6.54 Å².